The van der Waals surface area contributed by atoms with E-state index in [0.717, 1.165) is 8.97 Å². The molecule has 0 unspecified atom stereocenters. The van der Waals surface area contributed by atoms with Gasteiger partial charge < -0.3 is 18.1 Å². The standard InChI is InChI=1S/C19H42N.C15H34N.H2O4S/c1-5-6-7-8-9-10-11-12-13-14-15-16-17-18-19-20(2,3)4;1-5-6-7-8-9-10-11-12-13-14-15-16(2,3)4;1-5(2,3)4/h5-19H2,1-4H3;5-15H2,1-4H3;(H2,1,2,3,4)/q2*+1;/p-2. The molecule has 0 aromatic carbocycles. The first kappa shape index (κ1) is 45.2. The zero-order valence-electron chi connectivity index (χ0n) is 29.3. The summed E-state index contributed by atoms with van der Waals surface area (Å²) in [5.41, 5.74) is 0. The van der Waals surface area contributed by atoms with Gasteiger partial charge in [-0.25, -0.2) is 0 Å². The summed E-state index contributed by atoms with van der Waals surface area (Å²) in [4.78, 5) is 0. The van der Waals surface area contributed by atoms with E-state index >= 15 is 0 Å². The molecule has 41 heavy (non-hydrogen) atoms. The van der Waals surface area contributed by atoms with E-state index in [2.05, 4.69) is 56.1 Å². The average molecular weight is 609 g/mol. The minimum atomic E-state index is -5.17. The van der Waals surface area contributed by atoms with Gasteiger partial charge in [0.15, 0.2) is 0 Å². The molecule has 0 bridgehead atoms. The molecule has 0 aliphatic carbocycles. The number of unbranched alkanes of at least 4 members (excludes halogenated alkanes) is 22. The first-order chi connectivity index (χ1) is 19.1. The summed E-state index contributed by atoms with van der Waals surface area (Å²) in [6, 6.07) is 0. The maximum atomic E-state index is 8.52. The summed E-state index contributed by atoms with van der Waals surface area (Å²) in [5, 5.41) is 0. The third-order valence-electron chi connectivity index (χ3n) is 7.36. The van der Waals surface area contributed by atoms with Crippen molar-refractivity contribution >= 4 is 10.4 Å². The van der Waals surface area contributed by atoms with Gasteiger partial charge in [-0.2, -0.15) is 0 Å². The molecule has 0 fully saturated rings. The fraction of sp³-hybridized carbons (Fsp3) is 1.00. The number of rotatable bonds is 26. The Kier molecular flexibility index (Phi) is 34.4. The van der Waals surface area contributed by atoms with Crippen LogP contribution in [0.3, 0.4) is 0 Å². The van der Waals surface area contributed by atoms with Gasteiger partial charge in [0.25, 0.3) is 0 Å². The molecule has 0 spiro atoms. The molecular formula is C34H76N2O4S. The molecule has 0 heterocycles. The predicted octanol–water partition coefficient (Wildman–Crippen LogP) is 9.45. The molecule has 252 valence electrons. The van der Waals surface area contributed by atoms with E-state index in [0.29, 0.717) is 0 Å². The van der Waals surface area contributed by atoms with E-state index in [1.165, 1.54) is 167 Å². The second kappa shape index (κ2) is 31.2. The Hall–Kier alpha value is -0.210. The maximum absolute atomic E-state index is 8.52. The smallest absolute Gasteiger partial charge is 0.0780 e. The van der Waals surface area contributed by atoms with Crippen molar-refractivity contribution in [3.8, 4) is 0 Å². The van der Waals surface area contributed by atoms with Gasteiger partial charge in [0.1, 0.15) is 0 Å². The first-order valence-corrected chi connectivity index (χ1v) is 18.7. The quantitative estimate of drug-likeness (QED) is 0.0424. The van der Waals surface area contributed by atoms with Crippen LogP contribution in [0.1, 0.15) is 168 Å². The second-order valence-corrected chi connectivity index (χ2v) is 15.0. The van der Waals surface area contributed by atoms with E-state index in [4.69, 9.17) is 17.5 Å². The van der Waals surface area contributed by atoms with Gasteiger partial charge in [-0.3, -0.25) is 8.42 Å². The molecule has 0 saturated carbocycles. The van der Waals surface area contributed by atoms with Gasteiger partial charge in [-0.1, -0.05) is 142 Å². The van der Waals surface area contributed by atoms with Crippen LogP contribution >= 0.6 is 0 Å². The van der Waals surface area contributed by atoms with E-state index in [9.17, 15) is 0 Å². The zero-order chi connectivity index (χ0) is 31.9. The lowest BCUT2D eigenvalue weighted by molar-refractivity contribution is -0.870. The van der Waals surface area contributed by atoms with E-state index in [-0.39, 0.29) is 0 Å². The maximum Gasteiger partial charge on any atom is 0.0780 e. The molecule has 0 aliphatic heterocycles. The first-order valence-electron chi connectivity index (χ1n) is 17.4. The number of quaternary nitrogens is 2. The molecule has 0 N–H and O–H groups in total. The monoisotopic (exact) mass is 609 g/mol. The van der Waals surface area contributed by atoms with Gasteiger partial charge in [0.05, 0.1) is 55.4 Å². The molecule has 0 radical (unpaired) electrons. The van der Waals surface area contributed by atoms with Gasteiger partial charge >= 0.3 is 0 Å². The van der Waals surface area contributed by atoms with Crippen LogP contribution in [0.2, 0.25) is 0 Å². The fourth-order valence-electron chi connectivity index (χ4n) is 4.85. The highest BCUT2D eigenvalue weighted by atomic mass is 32.3. The van der Waals surface area contributed by atoms with E-state index in [1.54, 1.807) is 0 Å². The normalized spacial score (nSPS) is 12.0. The van der Waals surface area contributed by atoms with Crippen LogP contribution in [-0.2, 0) is 10.4 Å². The molecule has 0 rings (SSSR count). The van der Waals surface area contributed by atoms with Gasteiger partial charge in [-0.05, 0) is 25.7 Å². The summed E-state index contributed by atoms with van der Waals surface area (Å²) in [6.07, 6.45) is 34.8. The van der Waals surface area contributed by atoms with Crippen LogP contribution in [0, 0.1) is 0 Å². The Morgan fingerprint density at radius 2 is 0.512 bits per heavy atom. The molecule has 0 amide bonds. The minimum Gasteiger partial charge on any atom is -0.759 e. The Balaban J connectivity index is -0.000000614. The third-order valence-corrected chi connectivity index (χ3v) is 7.36. The van der Waals surface area contributed by atoms with E-state index in [1.807, 2.05) is 0 Å². The summed E-state index contributed by atoms with van der Waals surface area (Å²) in [5.74, 6) is 0. The Morgan fingerprint density at radius 3 is 0.659 bits per heavy atom. The molecule has 0 aromatic rings. The summed E-state index contributed by atoms with van der Waals surface area (Å²) >= 11 is 0. The van der Waals surface area contributed by atoms with Crippen LogP contribution < -0.4 is 0 Å². The van der Waals surface area contributed by atoms with E-state index < -0.39 is 10.4 Å². The molecule has 0 aromatic heterocycles. The second-order valence-electron chi connectivity index (χ2n) is 14.2. The molecular weight excluding hydrogens is 532 g/mol. The van der Waals surface area contributed by atoms with Crippen molar-refractivity contribution in [3.05, 3.63) is 0 Å². The highest BCUT2D eigenvalue weighted by Gasteiger charge is 2.05. The van der Waals surface area contributed by atoms with Gasteiger partial charge in [-0.15, -0.1) is 0 Å². The minimum absolute atomic E-state index is 1.12. The molecule has 0 saturated heterocycles. The summed E-state index contributed by atoms with van der Waals surface area (Å²) in [6.45, 7) is 7.24. The molecule has 6 nitrogen and oxygen atoms in total. The number of hydrogen-bond acceptors (Lipinski definition) is 4. The van der Waals surface area contributed by atoms with Crippen molar-refractivity contribution in [2.24, 2.45) is 0 Å². The molecule has 7 heteroatoms. The van der Waals surface area contributed by atoms with Gasteiger partial charge in [0.2, 0.25) is 0 Å². The lowest BCUT2D eigenvalue weighted by Gasteiger charge is -2.23. The topological polar surface area (TPSA) is 80.3 Å². The molecule has 0 atom stereocenters. The highest BCUT2D eigenvalue weighted by Crippen LogP contribution is 2.13. The van der Waals surface area contributed by atoms with Crippen molar-refractivity contribution in [2.75, 3.05) is 55.4 Å². The Bertz CT molecular complexity index is 591. The average Bonchev–Trinajstić information content (AvgIpc) is 2.83. The van der Waals surface area contributed by atoms with Crippen molar-refractivity contribution in [1.82, 2.24) is 0 Å². The Labute approximate surface area is 259 Å². The number of hydrogen-bond donors (Lipinski definition) is 0. The summed E-state index contributed by atoms with van der Waals surface area (Å²) < 4.78 is 36.3. The predicted molar refractivity (Wildman–Crippen MR) is 178 cm³/mol. The van der Waals surface area contributed by atoms with Crippen molar-refractivity contribution in [1.29, 1.82) is 0 Å². The molecule has 0 aliphatic rings. The largest absolute Gasteiger partial charge is 0.759 e. The number of nitrogens with zero attached hydrogens (tertiary/aromatic N) is 2. The lowest BCUT2D eigenvalue weighted by atomic mass is 10.0. The zero-order valence-corrected chi connectivity index (χ0v) is 30.1. The fourth-order valence-corrected chi connectivity index (χ4v) is 4.85. The van der Waals surface area contributed by atoms with Crippen LogP contribution in [-0.4, -0.2) is 81.9 Å². The van der Waals surface area contributed by atoms with Crippen LogP contribution in [0.15, 0.2) is 0 Å². The van der Waals surface area contributed by atoms with Crippen molar-refractivity contribution in [2.45, 2.75) is 168 Å². The van der Waals surface area contributed by atoms with Crippen molar-refractivity contribution in [3.63, 3.8) is 0 Å². The highest BCUT2D eigenvalue weighted by molar-refractivity contribution is 7.79. The van der Waals surface area contributed by atoms with Crippen molar-refractivity contribution < 1.29 is 26.5 Å². The van der Waals surface area contributed by atoms with Crippen LogP contribution in [0.25, 0.3) is 0 Å². The summed E-state index contributed by atoms with van der Waals surface area (Å²) in [7, 11) is 8.57. The Morgan fingerprint density at radius 1 is 0.366 bits per heavy atom. The van der Waals surface area contributed by atoms with Crippen LogP contribution in [0.4, 0.5) is 0 Å². The SMILES string of the molecule is CCCCCCCCCCCCCCCC[N+](C)(C)C.CCCCCCCCCCCC[N+](C)(C)C.O=S(=O)([O-])[O-]. The lowest BCUT2D eigenvalue weighted by Crippen LogP contribution is -2.35. The van der Waals surface area contributed by atoms with Gasteiger partial charge in [0, 0.05) is 10.4 Å². The van der Waals surface area contributed by atoms with Crippen LogP contribution in [0.5, 0.6) is 0 Å². The third kappa shape index (κ3) is 64.0.